The van der Waals surface area contributed by atoms with E-state index in [1.54, 1.807) is 0 Å². The third kappa shape index (κ3) is 6.86. The summed E-state index contributed by atoms with van der Waals surface area (Å²) >= 11 is 0. The number of carbonyl (C=O) groups excluding carboxylic acids is 3. The maximum Gasteiger partial charge on any atom is 0.347 e. The number of benzene rings is 3. The van der Waals surface area contributed by atoms with Crippen LogP contribution in [0.25, 0.3) is 18.2 Å². The number of rotatable bonds is 14. The maximum absolute atomic E-state index is 13.8. The summed E-state index contributed by atoms with van der Waals surface area (Å²) in [6, 6.07) is 8.42. The fourth-order valence-electron chi connectivity index (χ4n) is 4.59. The average molecular weight is 697 g/mol. The van der Waals surface area contributed by atoms with E-state index in [0.717, 1.165) is 54.6 Å². The molecule has 3 rings (SSSR count). The summed E-state index contributed by atoms with van der Waals surface area (Å²) in [7, 11) is 0. The van der Waals surface area contributed by atoms with Crippen molar-refractivity contribution in [1.29, 1.82) is 0 Å². The number of carbonyl (C=O) groups is 5. The molecule has 0 amide bonds. The van der Waals surface area contributed by atoms with Gasteiger partial charge in [-0.05, 0) is 71.3 Å². The minimum atomic E-state index is -4.85. The predicted octanol–water partition coefficient (Wildman–Crippen LogP) is -0.209. The molecule has 0 aliphatic carbocycles. The van der Waals surface area contributed by atoms with Crippen LogP contribution in [-0.2, 0) is 24.0 Å². The number of aliphatic hydroxyl groups excluding tert-OH is 1. The monoisotopic (exact) mass is 696 g/mol. The van der Waals surface area contributed by atoms with Gasteiger partial charge in [0, 0.05) is 0 Å². The normalized spacial score (nSPS) is 16.0. The van der Waals surface area contributed by atoms with Crippen molar-refractivity contribution in [1.82, 2.24) is 0 Å². The standard InChI is InChI=1S/C33H28O17/c34-19-7-1-16(13-22(19)37)4-10-25(40)31(48,28(43)29(44)45)33(50,27(42)12-6-18-3-9-21(36)24(39)15-18)32(49,30(46)47)26(41)11-5-17-2-8-20(35)23(38)14-17/h1-15,28,34-39,43,48-50H,(H,44,45)(H,46,47)/b10-4+,11-5+,12-6+/t28-,31+,32+,33+/m1/s1. The zero-order valence-electron chi connectivity index (χ0n) is 25.1. The van der Waals surface area contributed by atoms with Gasteiger partial charge in [0.1, 0.15) is 0 Å². The first kappa shape index (κ1) is 37.9. The van der Waals surface area contributed by atoms with Gasteiger partial charge in [-0.3, -0.25) is 14.4 Å². The van der Waals surface area contributed by atoms with E-state index in [0.29, 0.717) is 18.2 Å². The smallest absolute Gasteiger partial charge is 0.347 e. The number of hydrogen-bond acceptors (Lipinski definition) is 15. The van der Waals surface area contributed by atoms with Gasteiger partial charge in [0.15, 0.2) is 52.2 Å². The lowest BCUT2D eigenvalue weighted by Crippen LogP contribution is -2.82. The topological polar surface area (TPSA) is 328 Å². The van der Waals surface area contributed by atoms with Crippen LogP contribution in [0, 0.1) is 0 Å². The highest BCUT2D eigenvalue weighted by atomic mass is 16.5. The van der Waals surface area contributed by atoms with Crippen molar-refractivity contribution in [3.05, 3.63) is 89.5 Å². The Hall–Kier alpha value is -6.53. The molecule has 0 saturated carbocycles. The van der Waals surface area contributed by atoms with E-state index < -0.39 is 86.7 Å². The Morgan fingerprint density at radius 3 is 1.18 bits per heavy atom. The summed E-state index contributed by atoms with van der Waals surface area (Å²) in [6.45, 7) is 0. The number of phenols is 6. The van der Waals surface area contributed by atoms with E-state index in [1.165, 1.54) is 0 Å². The van der Waals surface area contributed by atoms with Crippen molar-refractivity contribution in [2.24, 2.45) is 0 Å². The molecule has 12 N–H and O–H groups in total. The van der Waals surface area contributed by atoms with E-state index in [-0.39, 0.29) is 34.9 Å². The van der Waals surface area contributed by atoms with Crippen molar-refractivity contribution in [3.63, 3.8) is 0 Å². The number of hydrogen-bond donors (Lipinski definition) is 12. The quantitative estimate of drug-likeness (QED) is 0.0589. The van der Waals surface area contributed by atoms with Crippen LogP contribution in [0.4, 0.5) is 0 Å². The highest BCUT2D eigenvalue weighted by Crippen LogP contribution is 2.41. The Morgan fingerprint density at radius 1 is 0.520 bits per heavy atom. The first-order chi connectivity index (χ1) is 23.2. The van der Waals surface area contributed by atoms with Gasteiger partial charge in [-0.25, -0.2) is 9.59 Å². The lowest BCUT2D eigenvalue weighted by Gasteiger charge is -2.47. The van der Waals surface area contributed by atoms with Crippen LogP contribution in [0.15, 0.2) is 72.8 Å². The highest BCUT2D eigenvalue weighted by molar-refractivity contribution is 6.23. The average Bonchev–Trinajstić information content (AvgIpc) is 3.07. The molecule has 0 spiro atoms. The molecule has 4 atom stereocenters. The number of phenolic OH excluding ortho intramolecular Hbond substituents is 6. The largest absolute Gasteiger partial charge is 0.504 e. The molecule has 50 heavy (non-hydrogen) atoms. The fraction of sp³-hybridized carbons (Fsp3) is 0.121. The van der Waals surface area contributed by atoms with Crippen LogP contribution in [0.5, 0.6) is 34.5 Å². The van der Waals surface area contributed by atoms with Gasteiger partial charge < -0.3 is 61.3 Å². The number of carboxylic acid groups (broad SMARTS) is 2. The van der Waals surface area contributed by atoms with Gasteiger partial charge in [0.05, 0.1) is 0 Å². The molecule has 0 aromatic heterocycles. The molecule has 0 saturated heterocycles. The van der Waals surface area contributed by atoms with Gasteiger partial charge >= 0.3 is 11.9 Å². The molecular formula is C33H28O17. The summed E-state index contributed by atoms with van der Waals surface area (Å²) in [6.07, 6.45) is -1.12. The van der Waals surface area contributed by atoms with Crippen molar-refractivity contribution in [2.45, 2.75) is 22.9 Å². The van der Waals surface area contributed by atoms with Gasteiger partial charge in [-0.1, -0.05) is 36.4 Å². The van der Waals surface area contributed by atoms with E-state index >= 15 is 0 Å². The lowest BCUT2D eigenvalue weighted by molar-refractivity contribution is -0.247. The molecule has 0 unspecified atom stereocenters. The predicted molar refractivity (Wildman–Crippen MR) is 168 cm³/mol. The third-order valence-corrected chi connectivity index (χ3v) is 7.38. The zero-order valence-corrected chi connectivity index (χ0v) is 25.1. The molecule has 17 nitrogen and oxygen atoms in total. The molecule has 17 heteroatoms. The second kappa shape index (κ2) is 14.3. The van der Waals surface area contributed by atoms with Crippen molar-refractivity contribution < 1.29 is 85.3 Å². The Kier molecular flexibility index (Phi) is 10.8. The molecule has 3 aromatic rings. The Labute approximate surface area is 279 Å². The Balaban J connectivity index is 2.35. The summed E-state index contributed by atoms with van der Waals surface area (Å²) in [5, 5.41) is 123. The summed E-state index contributed by atoms with van der Waals surface area (Å²) in [4.78, 5) is 65.7. The molecule has 0 fully saturated rings. The van der Waals surface area contributed by atoms with E-state index in [4.69, 9.17) is 0 Å². The number of aliphatic hydroxyl groups is 4. The summed E-state index contributed by atoms with van der Waals surface area (Å²) < 4.78 is 0. The van der Waals surface area contributed by atoms with Crippen LogP contribution in [0.1, 0.15) is 16.7 Å². The molecule has 0 radical (unpaired) electrons. The van der Waals surface area contributed by atoms with E-state index in [9.17, 15) is 85.3 Å². The first-order valence-corrected chi connectivity index (χ1v) is 13.8. The molecule has 3 aromatic carbocycles. The zero-order chi connectivity index (χ0) is 37.8. The SMILES string of the molecule is O=C(O)[C@@H](O)[C@@](O)(C(=O)/C=C/c1ccc(O)c(O)c1)[C@@](O)(C(=O)/C=C/c1ccc(O)c(O)c1)[C@@](O)(C(=O)O)C(=O)/C=C/c1ccc(O)c(O)c1. The summed E-state index contributed by atoms with van der Waals surface area (Å²) in [5.74, 6) is -16.2. The molecule has 0 bridgehead atoms. The van der Waals surface area contributed by atoms with Crippen LogP contribution >= 0.6 is 0 Å². The van der Waals surface area contributed by atoms with E-state index in [2.05, 4.69) is 0 Å². The third-order valence-electron chi connectivity index (χ3n) is 7.38. The van der Waals surface area contributed by atoms with Crippen molar-refractivity contribution >= 4 is 47.5 Å². The molecule has 0 aliphatic heterocycles. The lowest BCUT2D eigenvalue weighted by atomic mass is 9.62. The van der Waals surface area contributed by atoms with Crippen molar-refractivity contribution in [3.8, 4) is 34.5 Å². The van der Waals surface area contributed by atoms with Gasteiger partial charge in [-0.15, -0.1) is 0 Å². The van der Waals surface area contributed by atoms with Gasteiger partial charge in [-0.2, -0.15) is 0 Å². The minimum Gasteiger partial charge on any atom is -0.504 e. The second-order valence-corrected chi connectivity index (χ2v) is 10.6. The van der Waals surface area contributed by atoms with Gasteiger partial charge in [0.2, 0.25) is 17.0 Å². The molecule has 0 aliphatic rings. The Morgan fingerprint density at radius 2 is 0.860 bits per heavy atom. The number of carboxylic acids is 2. The molecular weight excluding hydrogens is 668 g/mol. The number of aromatic hydroxyl groups is 6. The number of aliphatic carboxylic acids is 2. The van der Waals surface area contributed by atoms with Crippen LogP contribution < -0.4 is 0 Å². The Bertz CT molecular complexity index is 1960. The van der Waals surface area contributed by atoms with Gasteiger partial charge in [0.25, 0.3) is 5.60 Å². The van der Waals surface area contributed by atoms with Crippen molar-refractivity contribution in [2.75, 3.05) is 0 Å². The first-order valence-electron chi connectivity index (χ1n) is 13.8. The number of ketones is 3. The molecule has 262 valence electrons. The van der Waals surface area contributed by atoms with E-state index in [1.807, 2.05) is 0 Å². The van der Waals surface area contributed by atoms with Crippen LogP contribution in [0.2, 0.25) is 0 Å². The van der Waals surface area contributed by atoms with Crippen LogP contribution in [-0.4, -0.2) is 113 Å². The fourth-order valence-corrected chi connectivity index (χ4v) is 4.59. The summed E-state index contributed by atoms with van der Waals surface area (Å²) in [5.41, 5.74) is -14.8. The van der Waals surface area contributed by atoms with Crippen LogP contribution in [0.3, 0.4) is 0 Å². The maximum atomic E-state index is 13.8. The second-order valence-electron chi connectivity index (χ2n) is 10.6. The minimum absolute atomic E-state index is 0.156. The molecule has 0 heterocycles. The highest BCUT2D eigenvalue weighted by Gasteiger charge is 2.77.